The van der Waals surface area contributed by atoms with E-state index in [9.17, 15) is 4.39 Å². The number of nitrogen functional groups attached to an aromatic ring is 1. The number of rotatable bonds is 2. The second kappa shape index (κ2) is 5.07. The van der Waals surface area contributed by atoms with E-state index in [1.54, 1.807) is 6.07 Å². The van der Waals surface area contributed by atoms with Crippen LogP contribution in [0.1, 0.15) is 5.56 Å². The number of fused-ring (bicyclic) bond motifs is 1. The minimum absolute atomic E-state index is 0.0629. The van der Waals surface area contributed by atoms with Crippen molar-refractivity contribution in [3.8, 4) is 0 Å². The molecule has 0 saturated heterocycles. The summed E-state index contributed by atoms with van der Waals surface area (Å²) < 4.78 is 16.2. The minimum Gasteiger partial charge on any atom is -0.369 e. The fourth-order valence-corrected chi connectivity index (χ4v) is 2.73. The molecule has 0 amide bonds. The lowest BCUT2D eigenvalue weighted by molar-refractivity contribution is 0.629. The molecule has 0 spiro atoms. The summed E-state index contributed by atoms with van der Waals surface area (Å²) in [6, 6.07) is 10.7. The molecule has 0 aliphatic carbocycles. The Balaban J connectivity index is 2.11. The van der Waals surface area contributed by atoms with Crippen LogP contribution < -0.4 is 5.73 Å². The van der Waals surface area contributed by atoms with Gasteiger partial charge in [0.1, 0.15) is 5.82 Å². The molecule has 0 radical (unpaired) electrons. The quantitative estimate of drug-likeness (QED) is 0.749. The summed E-state index contributed by atoms with van der Waals surface area (Å²) in [6.07, 6.45) is 0. The van der Waals surface area contributed by atoms with Crippen molar-refractivity contribution in [2.75, 3.05) is 5.73 Å². The molecule has 3 rings (SSSR count). The monoisotopic (exact) mass is 353 g/mol. The van der Waals surface area contributed by atoms with Crippen LogP contribution in [0.5, 0.6) is 0 Å². The maximum atomic E-state index is 13.4. The molecular weight excluding hydrogens is 345 g/mol. The van der Waals surface area contributed by atoms with Crippen molar-refractivity contribution >= 4 is 44.5 Å². The van der Waals surface area contributed by atoms with Gasteiger partial charge in [0.25, 0.3) is 0 Å². The molecule has 3 nitrogen and oxygen atoms in total. The summed E-state index contributed by atoms with van der Waals surface area (Å²) in [5, 5.41) is 0.0629. The van der Waals surface area contributed by atoms with E-state index in [0.717, 1.165) is 10.0 Å². The van der Waals surface area contributed by atoms with Crippen LogP contribution in [-0.4, -0.2) is 9.55 Å². The fraction of sp³-hybridized carbons (Fsp3) is 0.0714. The van der Waals surface area contributed by atoms with Crippen LogP contribution in [0.2, 0.25) is 5.02 Å². The zero-order valence-electron chi connectivity index (χ0n) is 10.3. The maximum Gasteiger partial charge on any atom is 0.201 e. The van der Waals surface area contributed by atoms with Crippen molar-refractivity contribution in [3.05, 3.63) is 57.3 Å². The van der Waals surface area contributed by atoms with E-state index in [1.165, 1.54) is 6.07 Å². The van der Waals surface area contributed by atoms with Gasteiger partial charge in [0.05, 0.1) is 22.6 Å². The molecule has 2 N–H and O–H groups in total. The molecule has 20 heavy (non-hydrogen) atoms. The van der Waals surface area contributed by atoms with E-state index in [1.807, 2.05) is 28.8 Å². The Morgan fingerprint density at radius 2 is 2.10 bits per heavy atom. The van der Waals surface area contributed by atoms with E-state index < -0.39 is 5.82 Å². The lowest BCUT2D eigenvalue weighted by Crippen LogP contribution is -2.04. The van der Waals surface area contributed by atoms with Crippen LogP contribution in [0.15, 0.2) is 40.9 Å². The Bertz CT molecular complexity index is 800. The van der Waals surface area contributed by atoms with Gasteiger partial charge in [-0.2, -0.15) is 0 Å². The lowest BCUT2D eigenvalue weighted by Gasteiger charge is -2.07. The normalized spacial score (nSPS) is 11.2. The number of nitrogens with two attached hydrogens (primary N) is 1. The van der Waals surface area contributed by atoms with E-state index in [0.29, 0.717) is 23.5 Å². The Labute approximate surface area is 128 Å². The lowest BCUT2D eigenvalue weighted by atomic mass is 10.2. The van der Waals surface area contributed by atoms with Gasteiger partial charge in [-0.15, -0.1) is 0 Å². The first-order chi connectivity index (χ1) is 9.54. The van der Waals surface area contributed by atoms with Gasteiger partial charge in [0.15, 0.2) is 0 Å². The number of imidazole rings is 1. The molecule has 0 aliphatic rings. The van der Waals surface area contributed by atoms with Crippen molar-refractivity contribution in [1.29, 1.82) is 0 Å². The molecule has 0 atom stereocenters. The van der Waals surface area contributed by atoms with Gasteiger partial charge in [-0.1, -0.05) is 39.7 Å². The average molecular weight is 355 g/mol. The molecule has 3 aromatic rings. The SMILES string of the molecule is Nc1nc2cc(F)c(Cl)cc2n1Cc1cccc(Br)c1. The predicted molar refractivity (Wildman–Crippen MR) is 82.4 cm³/mol. The molecule has 0 aliphatic heterocycles. The molecule has 0 fully saturated rings. The van der Waals surface area contributed by atoms with Crippen molar-refractivity contribution in [2.24, 2.45) is 0 Å². The van der Waals surface area contributed by atoms with Crippen LogP contribution in [0.25, 0.3) is 11.0 Å². The highest BCUT2D eigenvalue weighted by molar-refractivity contribution is 9.10. The van der Waals surface area contributed by atoms with E-state index in [2.05, 4.69) is 20.9 Å². The summed E-state index contributed by atoms with van der Waals surface area (Å²) in [5.41, 5.74) is 8.19. The summed E-state index contributed by atoms with van der Waals surface area (Å²) in [6.45, 7) is 0.545. The van der Waals surface area contributed by atoms with Crippen LogP contribution in [0, 0.1) is 5.82 Å². The largest absolute Gasteiger partial charge is 0.369 e. The highest BCUT2D eigenvalue weighted by Crippen LogP contribution is 2.26. The molecule has 0 unspecified atom stereocenters. The summed E-state index contributed by atoms with van der Waals surface area (Å²) in [5.74, 6) is -0.159. The summed E-state index contributed by atoms with van der Waals surface area (Å²) in [4.78, 5) is 4.16. The van der Waals surface area contributed by atoms with Gasteiger partial charge in [0, 0.05) is 10.5 Å². The van der Waals surface area contributed by atoms with Gasteiger partial charge in [-0.3, -0.25) is 0 Å². The fourth-order valence-electron chi connectivity index (χ4n) is 2.12. The predicted octanol–water partition coefficient (Wildman–Crippen LogP) is 4.22. The molecule has 102 valence electrons. The third-order valence-corrected chi connectivity index (χ3v) is 3.83. The van der Waals surface area contributed by atoms with E-state index in [-0.39, 0.29) is 5.02 Å². The third kappa shape index (κ3) is 2.39. The van der Waals surface area contributed by atoms with Gasteiger partial charge < -0.3 is 10.3 Å². The van der Waals surface area contributed by atoms with Gasteiger partial charge >= 0.3 is 0 Å². The molecule has 6 heteroatoms. The average Bonchev–Trinajstić information content (AvgIpc) is 2.67. The molecule has 1 aromatic heterocycles. The van der Waals surface area contributed by atoms with Crippen molar-refractivity contribution in [1.82, 2.24) is 9.55 Å². The second-order valence-electron chi connectivity index (χ2n) is 4.44. The van der Waals surface area contributed by atoms with Gasteiger partial charge in [0.2, 0.25) is 5.95 Å². The molecule has 0 saturated carbocycles. The minimum atomic E-state index is -0.494. The van der Waals surface area contributed by atoms with Crippen LogP contribution in [-0.2, 0) is 6.54 Å². The highest BCUT2D eigenvalue weighted by Gasteiger charge is 2.12. The molecular formula is C14H10BrClFN3. The summed E-state index contributed by atoms with van der Waals surface area (Å²) in [7, 11) is 0. The van der Waals surface area contributed by atoms with Crippen LogP contribution in [0.4, 0.5) is 10.3 Å². The first kappa shape index (κ1) is 13.4. The zero-order chi connectivity index (χ0) is 14.3. The Hall–Kier alpha value is -1.59. The van der Waals surface area contributed by atoms with Crippen molar-refractivity contribution in [3.63, 3.8) is 0 Å². The Morgan fingerprint density at radius 1 is 1.30 bits per heavy atom. The zero-order valence-corrected chi connectivity index (χ0v) is 12.6. The number of nitrogens with zero attached hydrogens (tertiary/aromatic N) is 2. The number of hydrogen-bond acceptors (Lipinski definition) is 2. The summed E-state index contributed by atoms with van der Waals surface area (Å²) >= 11 is 9.26. The highest BCUT2D eigenvalue weighted by atomic mass is 79.9. The number of halogens is 3. The van der Waals surface area contributed by atoms with Crippen molar-refractivity contribution < 1.29 is 4.39 Å². The third-order valence-electron chi connectivity index (χ3n) is 3.05. The number of anilines is 1. The second-order valence-corrected chi connectivity index (χ2v) is 5.76. The maximum absolute atomic E-state index is 13.4. The number of aromatic nitrogens is 2. The van der Waals surface area contributed by atoms with Crippen LogP contribution in [0.3, 0.4) is 0 Å². The Morgan fingerprint density at radius 3 is 2.85 bits per heavy atom. The van der Waals surface area contributed by atoms with Gasteiger partial charge in [-0.25, -0.2) is 9.37 Å². The van der Waals surface area contributed by atoms with Crippen molar-refractivity contribution in [2.45, 2.75) is 6.54 Å². The number of hydrogen-bond donors (Lipinski definition) is 1. The standard InChI is InChI=1S/C14H10BrClFN3/c15-9-3-1-2-8(4-9)7-20-13-5-10(16)11(17)6-12(13)19-14(20)18/h1-6H,7H2,(H2,18,19). The Kier molecular flexibility index (Phi) is 3.40. The molecule has 1 heterocycles. The topological polar surface area (TPSA) is 43.8 Å². The first-order valence-corrected chi connectivity index (χ1v) is 7.07. The number of benzene rings is 2. The van der Waals surface area contributed by atoms with Crippen LogP contribution >= 0.6 is 27.5 Å². The van der Waals surface area contributed by atoms with E-state index >= 15 is 0 Å². The molecule has 0 bridgehead atoms. The van der Waals surface area contributed by atoms with Gasteiger partial charge in [-0.05, 0) is 23.8 Å². The molecule has 2 aromatic carbocycles. The first-order valence-electron chi connectivity index (χ1n) is 5.90. The smallest absolute Gasteiger partial charge is 0.201 e. The van der Waals surface area contributed by atoms with E-state index in [4.69, 9.17) is 17.3 Å².